The van der Waals surface area contributed by atoms with E-state index >= 15 is 0 Å². The van der Waals surface area contributed by atoms with Crippen LogP contribution in [0.4, 0.5) is 0 Å². The summed E-state index contributed by atoms with van der Waals surface area (Å²) in [6, 6.07) is 9.90. The van der Waals surface area contributed by atoms with Crippen LogP contribution in [0.2, 0.25) is 0 Å². The predicted molar refractivity (Wildman–Crippen MR) is 79.4 cm³/mol. The fraction of sp³-hybridized carbons (Fsp3) is 0.500. The highest BCUT2D eigenvalue weighted by Crippen LogP contribution is 1.99. The van der Waals surface area contributed by atoms with Crippen molar-refractivity contribution in [1.82, 2.24) is 4.72 Å². The Morgan fingerprint density at radius 3 is 2.57 bits per heavy atom. The lowest BCUT2D eigenvalue weighted by atomic mass is 10.2. The topological polar surface area (TPSA) is 81.7 Å². The lowest BCUT2D eigenvalue weighted by Crippen LogP contribution is -2.30. The Morgan fingerprint density at radius 2 is 1.90 bits per heavy atom. The molecule has 1 rings (SSSR count). The molecule has 6 nitrogen and oxygen atoms in total. The third kappa shape index (κ3) is 8.44. The summed E-state index contributed by atoms with van der Waals surface area (Å²) in [6.07, 6.45) is 0.636. The molecule has 7 heteroatoms. The molecule has 0 aliphatic heterocycles. The molecule has 21 heavy (non-hydrogen) atoms. The van der Waals surface area contributed by atoms with E-state index in [9.17, 15) is 13.2 Å². The van der Waals surface area contributed by atoms with E-state index in [1.165, 1.54) is 12.7 Å². The summed E-state index contributed by atoms with van der Waals surface area (Å²) >= 11 is 0. The van der Waals surface area contributed by atoms with Crippen LogP contribution >= 0.6 is 0 Å². The maximum atomic E-state index is 11.5. The number of rotatable bonds is 10. The van der Waals surface area contributed by atoms with Gasteiger partial charge in [-0.3, -0.25) is 4.79 Å². The largest absolute Gasteiger partial charge is 0.469 e. The van der Waals surface area contributed by atoms with Gasteiger partial charge in [-0.05, 0) is 12.0 Å². The molecule has 0 aliphatic carbocycles. The fourth-order valence-corrected chi connectivity index (χ4v) is 2.57. The molecule has 0 radical (unpaired) electrons. The van der Waals surface area contributed by atoms with Crippen molar-refractivity contribution in [1.29, 1.82) is 0 Å². The van der Waals surface area contributed by atoms with E-state index in [4.69, 9.17) is 4.74 Å². The van der Waals surface area contributed by atoms with Crippen LogP contribution in [0.1, 0.15) is 12.0 Å². The zero-order valence-corrected chi connectivity index (χ0v) is 12.9. The van der Waals surface area contributed by atoms with Crippen molar-refractivity contribution in [3.8, 4) is 0 Å². The monoisotopic (exact) mass is 315 g/mol. The highest BCUT2D eigenvalue weighted by Gasteiger charge is 2.12. The van der Waals surface area contributed by atoms with Crippen LogP contribution in [-0.4, -0.2) is 47.0 Å². The van der Waals surface area contributed by atoms with Crippen molar-refractivity contribution in [2.75, 3.05) is 32.6 Å². The quantitative estimate of drug-likeness (QED) is 0.508. The molecule has 0 saturated carbocycles. The first-order chi connectivity index (χ1) is 10.0. The van der Waals surface area contributed by atoms with Gasteiger partial charge < -0.3 is 9.47 Å². The number of sulfonamides is 1. The molecule has 0 spiro atoms. The van der Waals surface area contributed by atoms with Gasteiger partial charge in [-0.25, -0.2) is 13.1 Å². The molecule has 118 valence electrons. The number of benzene rings is 1. The van der Waals surface area contributed by atoms with Gasteiger partial charge in [0, 0.05) is 6.54 Å². The smallest absolute Gasteiger partial charge is 0.306 e. The molecule has 0 heterocycles. The van der Waals surface area contributed by atoms with Gasteiger partial charge in [0.1, 0.15) is 0 Å². The van der Waals surface area contributed by atoms with Crippen LogP contribution < -0.4 is 4.72 Å². The van der Waals surface area contributed by atoms with Gasteiger partial charge in [-0.1, -0.05) is 30.3 Å². The molecule has 0 unspecified atom stereocenters. The summed E-state index contributed by atoms with van der Waals surface area (Å²) in [5.41, 5.74) is 1.18. The minimum Gasteiger partial charge on any atom is -0.469 e. The van der Waals surface area contributed by atoms with Crippen LogP contribution in [0.3, 0.4) is 0 Å². The molecule has 1 aromatic rings. The number of carbonyl (C=O) groups is 1. The first-order valence-corrected chi connectivity index (χ1v) is 8.34. The third-order valence-electron chi connectivity index (χ3n) is 2.75. The molecule has 0 atom stereocenters. The number of esters is 1. The van der Waals surface area contributed by atoms with Crippen LogP contribution in [0.15, 0.2) is 30.3 Å². The molecule has 0 amide bonds. The number of carbonyl (C=O) groups excluding carboxylic acids is 1. The molecule has 0 aromatic heterocycles. The van der Waals surface area contributed by atoms with E-state index in [-0.39, 0.29) is 18.7 Å². The van der Waals surface area contributed by atoms with Gasteiger partial charge in [-0.2, -0.15) is 0 Å². The Balaban J connectivity index is 2.09. The Labute approximate surface area is 125 Å². The Kier molecular flexibility index (Phi) is 7.96. The van der Waals surface area contributed by atoms with Gasteiger partial charge >= 0.3 is 5.97 Å². The minimum atomic E-state index is -3.46. The number of methoxy groups -OCH3 is 1. The van der Waals surface area contributed by atoms with E-state index in [0.29, 0.717) is 13.2 Å². The molecule has 1 aromatic carbocycles. The standard InChI is InChI=1S/C14H21NO5S/c1-19-14(16)8-12-21(17,18)15-9-11-20-10-7-13-5-3-2-4-6-13/h2-6,15H,7-12H2,1H3. The van der Waals surface area contributed by atoms with Crippen LogP contribution in [0.5, 0.6) is 0 Å². The number of hydrogen-bond donors (Lipinski definition) is 1. The van der Waals surface area contributed by atoms with Crippen molar-refractivity contribution in [3.05, 3.63) is 35.9 Å². The van der Waals surface area contributed by atoms with Gasteiger partial charge in [0.05, 0.1) is 32.5 Å². The Hall–Kier alpha value is -1.44. The van der Waals surface area contributed by atoms with E-state index < -0.39 is 16.0 Å². The zero-order chi connectivity index (χ0) is 15.6. The average molecular weight is 315 g/mol. The molecule has 1 N–H and O–H groups in total. The van der Waals surface area contributed by atoms with Gasteiger partial charge in [0.15, 0.2) is 0 Å². The summed E-state index contributed by atoms with van der Waals surface area (Å²) in [6.45, 7) is 1.02. The zero-order valence-electron chi connectivity index (χ0n) is 12.1. The Bertz CT molecular complexity index is 515. The molecular weight excluding hydrogens is 294 g/mol. The van der Waals surface area contributed by atoms with Crippen molar-refractivity contribution in [3.63, 3.8) is 0 Å². The van der Waals surface area contributed by atoms with Crippen molar-refractivity contribution >= 4 is 16.0 Å². The predicted octanol–water partition coefficient (Wildman–Crippen LogP) is 0.728. The molecule has 0 bridgehead atoms. The Morgan fingerprint density at radius 1 is 1.19 bits per heavy atom. The van der Waals surface area contributed by atoms with E-state index in [2.05, 4.69) is 9.46 Å². The fourth-order valence-electron chi connectivity index (χ4n) is 1.60. The molecular formula is C14H21NO5S. The maximum Gasteiger partial charge on any atom is 0.306 e. The summed E-state index contributed by atoms with van der Waals surface area (Å²) in [5, 5.41) is 0. The number of hydrogen-bond acceptors (Lipinski definition) is 5. The second-order valence-corrected chi connectivity index (χ2v) is 6.31. The number of ether oxygens (including phenoxy) is 2. The van der Waals surface area contributed by atoms with Crippen LogP contribution in [0.25, 0.3) is 0 Å². The second-order valence-electron chi connectivity index (χ2n) is 4.39. The van der Waals surface area contributed by atoms with E-state index in [1.807, 2.05) is 30.3 Å². The molecule has 0 saturated heterocycles. The summed E-state index contributed by atoms with van der Waals surface area (Å²) in [4.78, 5) is 10.9. The lowest BCUT2D eigenvalue weighted by Gasteiger charge is -2.07. The average Bonchev–Trinajstić information content (AvgIpc) is 2.49. The summed E-state index contributed by atoms with van der Waals surface area (Å²) in [7, 11) is -2.23. The summed E-state index contributed by atoms with van der Waals surface area (Å²) < 4.78 is 35.2. The van der Waals surface area contributed by atoms with Gasteiger partial charge in [0.25, 0.3) is 0 Å². The van der Waals surface area contributed by atoms with E-state index in [0.717, 1.165) is 6.42 Å². The SMILES string of the molecule is COC(=O)CCS(=O)(=O)NCCOCCc1ccccc1. The van der Waals surface area contributed by atoms with Crippen molar-refractivity contribution in [2.24, 2.45) is 0 Å². The highest BCUT2D eigenvalue weighted by molar-refractivity contribution is 7.89. The number of nitrogens with one attached hydrogen (secondary N) is 1. The van der Waals surface area contributed by atoms with Crippen molar-refractivity contribution in [2.45, 2.75) is 12.8 Å². The highest BCUT2D eigenvalue weighted by atomic mass is 32.2. The first-order valence-electron chi connectivity index (χ1n) is 6.69. The lowest BCUT2D eigenvalue weighted by molar-refractivity contribution is -0.140. The van der Waals surface area contributed by atoms with Gasteiger partial charge in [0.2, 0.25) is 10.0 Å². The minimum absolute atomic E-state index is 0.152. The van der Waals surface area contributed by atoms with Gasteiger partial charge in [-0.15, -0.1) is 0 Å². The first kappa shape index (κ1) is 17.6. The normalized spacial score (nSPS) is 11.3. The third-order valence-corrected chi connectivity index (χ3v) is 4.13. The van der Waals surface area contributed by atoms with E-state index in [1.54, 1.807) is 0 Å². The summed E-state index contributed by atoms with van der Waals surface area (Å²) in [5.74, 6) is -0.816. The van der Waals surface area contributed by atoms with Crippen LogP contribution in [0, 0.1) is 0 Å². The van der Waals surface area contributed by atoms with Crippen LogP contribution in [-0.2, 0) is 30.7 Å². The second kappa shape index (κ2) is 9.49. The molecule has 0 fully saturated rings. The maximum absolute atomic E-state index is 11.5. The molecule has 0 aliphatic rings. The van der Waals surface area contributed by atoms with Crippen molar-refractivity contribution < 1.29 is 22.7 Å².